The number of hydrogen-bond acceptors (Lipinski definition) is 5. The zero-order valence-corrected chi connectivity index (χ0v) is 17.5. The van der Waals surface area contributed by atoms with Crippen LogP contribution < -0.4 is 25.6 Å². The van der Waals surface area contributed by atoms with E-state index >= 15 is 0 Å². The second-order valence-corrected chi connectivity index (χ2v) is 6.81. The second-order valence-electron chi connectivity index (χ2n) is 6.40. The lowest BCUT2D eigenvalue weighted by Crippen LogP contribution is -2.49. The molecule has 0 atom stereocenters. The van der Waals surface area contributed by atoms with E-state index in [4.69, 9.17) is 21.7 Å². The third-order valence-electron chi connectivity index (χ3n) is 3.89. The first-order valence-corrected chi connectivity index (χ1v) is 9.66. The number of para-hydroxylation sites is 1. The fraction of sp³-hybridized carbons (Fsp3) is 0.286. The maximum Gasteiger partial charge on any atom is 0.276 e. The molecule has 0 saturated heterocycles. The van der Waals surface area contributed by atoms with E-state index in [9.17, 15) is 9.59 Å². The molecule has 2 amide bonds. The van der Waals surface area contributed by atoms with Crippen molar-refractivity contribution in [1.82, 2.24) is 16.2 Å². The van der Waals surface area contributed by atoms with Crippen molar-refractivity contribution in [2.45, 2.75) is 26.7 Å². The maximum absolute atomic E-state index is 12.3. The molecule has 2 aromatic carbocycles. The minimum atomic E-state index is -0.442. The number of nitrogens with one attached hydrogen (secondary N) is 3. The van der Waals surface area contributed by atoms with Gasteiger partial charge in [0.2, 0.25) is 0 Å². The van der Waals surface area contributed by atoms with Crippen LogP contribution in [0.5, 0.6) is 11.5 Å². The van der Waals surface area contributed by atoms with Crippen molar-refractivity contribution in [2.24, 2.45) is 0 Å². The Hall–Kier alpha value is -3.13. The Kier molecular flexibility index (Phi) is 8.42. The number of carbonyl (C=O) groups is 2. The van der Waals surface area contributed by atoms with Gasteiger partial charge in [0, 0.05) is 0 Å². The first-order chi connectivity index (χ1) is 13.9. The Morgan fingerprint density at radius 3 is 2.34 bits per heavy atom. The van der Waals surface area contributed by atoms with Gasteiger partial charge in [-0.25, -0.2) is 0 Å². The van der Waals surface area contributed by atoms with Crippen LogP contribution in [0.2, 0.25) is 0 Å². The predicted octanol–water partition coefficient (Wildman–Crippen LogP) is 2.92. The standard InChI is InChI=1S/C21H25N3O4S/c1-4-27-18-8-6-5-7-17(18)20(26)22-21(29)24-23-19(25)13-28-16-11-9-15(10-12-16)14(2)3/h5-12,14H,4,13H2,1-3H3,(H,23,25)(H2,22,24,26,29). The molecule has 0 aliphatic carbocycles. The van der Waals surface area contributed by atoms with Gasteiger partial charge < -0.3 is 9.47 Å². The molecule has 0 radical (unpaired) electrons. The Bertz CT molecular complexity index is 853. The third-order valence-corrected chi connectivity index (χ3v) is 4.09. The van der Waals surface area contributed by atoms with Crippen LogP contribution in [0.15, 0.2) is 48.5 Å². The molecule has 29 heavy (non-hydrogen) atoms. The van der Waals surface area contributed by atoms with Crippen LogP contribution in [0.4, 0.5) is 0 Å². The molecule has 0 saturated carbocycles. The zero-order chi connectivity index (χ0) is 21.2. The number of carbonyl (C=O) groups excluding carboxylic acids is 2. The summed E-state index contributed by atoms with van der Waals surface area (Å²) in [7, 11) is 0. The number of rotatable bonds is 7. The maximum atomic E-state index is 12.3. The number of benzene rings is 2. The summed E-state index contributed by atoms with van der Waals surface area (Å²) in [6.07, 6.45) is 0. The van der Waals surface area contributed by atoms with Gasteiger partial charge in [0.15, 0.2) is 11.7 Å². The SMILES string of the molecule is CCOc1ccccc1C(=O)NC(=S)NNC(=O)COc1ccc(C(C)C)cc1. The number of hydrogen-bond donors (Lipinski definition) is 3. The van der Waals surface area contributed by atoms with E-state index in [0.29, 0.717) is 29.6 Å². The number of ether oxygens (including phenoxy) is 2. The highest BCUT2D eigenvalue weighted by Gasteiger charge is 2.13. The molecule has 2 rings (SSSR count). The summed E-state index contributed by atoms with van der Waals surface area (Å²) in [6.45, 7) is 6.27. The van der Waals surface area contributed by atoms with E-state index in [1.54, 1.807) is 24.3 Å². The van der Waals surface area contributed by atoms with E-state index in [1.165, 1.54) is 5.56 Å². The van der Waals surface area contributed by atoms with Gasteiger partial charge >= 0.3 is 0 Å². The van der Waals surface area contributed by atoms with Gasteiger partial charge in [-0.15, -0.1) is 0 Å². The summed E-state index contributed by atoms with van der Waals surface area (Å²) in [5.74, 6) is 0.587. The molecular formula is C21H25N3O4S. The van der Waals surface area contributed by atoms with Gasteiger partial charge in [0.1, 0.15) is 11.5 Å². The summed E-state index contributed by atoms with van der Waals surface area (Å²) in [5, 5.41) is 2.44. The molecule has 0 aliphatic rings. The third kappa shape index (κ3) is 7.08. The molecule has 0 aliphatic heterocycles. The normalized spacial score (nSPS) is 10.2. The number of hydrazine groups is 1. The highest BCUT2D eigenvalue weighted by Crippen LogP contribution is 2.19. The van der Waals surface area contributed by atoms with Crippen molar-refractivity contribution in [3.8, 4) is 11.5 Å². The smallest absolute Gasteiger partial charge is 0.276 e. The molecular weight excluding hydrogens is 390 g/mol. The topological polar surface area (TPSA) is 88.7 Å². The molecule has 0 heterocycles. The molecule has 0 fully saturated rings. The van der Waals surface area contributed by atoms with Crippen molar-refractivity contribution in [2.75, 3.05) is 13.2 Å². The molecule has 154 valence electrons. The molecule has 8 heteroatoms. The lowest BCUT2D eigenvalue weighted by molar-refractivity contribution is -0.123. The second kappa shape index (κ2) is 11.0. The summed E-state index contributed by atoms with van der Waals surface area (Å²) in [6, 6.07) is 14.4. The van der Waals surface area contributed by atoms with Gasteiger partial charge in [-0.1, -0.05) is 38.1 Å². The fourth-order valence-corrected chi connectivity index (χ4v) is 2.54. The monoisotopic (exact) mass is 415 g/mol. The molecule has 0 bridgehead atoms. The lowest BCUT2D eigenvalue weighted by Gasteiger charge is -2.13. The van der Waals surface area contributed by atoms with Crippen molar-refractivity contribution in [1.29, 1.82) is 0 Å². The van der Waals surface area contributed by atoms with Crippen LogP contribution in [0.25, 0.3) is 0 Å². The van der Waals surface area contributed by atoms with E-state index in [2.05, 4.69) is 30.0 Å². The zero-order valence-electron chi connectivity index (χ0n) is 16.7. The fourth-order valence-electron chi connectivity index (χ4n) is 2.40. The van der Waals surface area contributed by atoms with Crippen molar-refractivity contribution in [3.63, 3.8) is 0 Å². The minimum absolute atomic E-state index is 0.0454. The van der Waals surface area contributed by atoms with Crippen molar-refractivity contribution < 1.29 is 19.1 Å². The van der Waals surface area contributed by atoms with E-state index in [0.717, 1.165) is 0 Å². The summed E-state index contributed by atoms with van der Waals surface area (Å²) in [4.78, 5) is 24.2. The average molecular weight is 416 g/mol. The number of amides is 2. The van der Waals surface area contributed by atoms with E-state index < -0.39 is 11.8 Å². The van der Waals surface area contributed by atoms with Crippen LogP contribution >= 0.6 is 12.2 Å². The molecule has 3 N–H and O–H groups in total. The Morgan fingerprint density at radius 1 is 1.00 bits per heavy atom. The summed E-state index contributed by atoms with van der Waals surface area (Å²) < 4.78 is 10.9. The Labute approximate surface area is 175 Å². The highest BCUT2D eigenvalue weighted by molar-refractivity contribution is 7.80. The summed E-state index contributed by atoms with van der Waals surface area (Å²) in [5.41, 5.74) is 6.39. The predicted molar refractivity (Wildman–Crippen MR) is 115 cm³/mol. The first-order valence-electron chi connectivity index (χ1n) is 9.25. The number of thiocarbonyl (C=S) groups is 1. The molecule has 7 nitrogen and oxygen atoms in total. The van der Waals surface area contributed by atoms with Crippen LogP contribution in [0.3, 0.4) is 0 Å². The van der Waals surface area contributed by atoms with E-state index in [-0.39, 0.29) is 11.7 Å². The molecule has 0 aromatic heterocycles. The van der Waals surface area contributed by atoms with Crippen LogP contribution in [0.1, 0.15) is 42.6 Å². The van der Waals surface area contributed by atoms with Crippen LogP contribution in [-0.4, -0.2) is 30.1 Å². The Balaban J connectivity index is 1.77. The van der Waals surface area contributed by atoms with Crippen LogP contribution in [0, 0.1) is 0 Å². The minimum Gasteiger partial charge on any atom is -0.493 e. The van der Waals surface area contributed by atoms with Crippen LogP contribution in [-0.2, 0) is 4.79 Å². The van der Waals surface area contributed by atoms with Crippen molar-refractivity contribution in [3.05, 3.63) is 59.7 Å². The van der Waals surface area contributed by atoms with Gasteiger partial charge in [0.05, 0.1) is 12.2 Å². The van der Waals surface area contributed by atoms with Gasteiger partial charge in [-0.2, -0.15) is 0 Å². The molecule has 0 spiro atoms. The Morgan fingerprint density at radius 2 is 1.69 bits per heavy atom. The van der Waals surface area contributed by atoms with Crippen molar-refractivity contribution >= 4 is 29.1 Å². The quantitative estimate of drug-likeness (QED) is 0.476. The highest BCUT2D eigenvalue weighted by atomic mass is 32.1. The average Bonchev–Trinajstić information content (AvgIpc) is 2.71. The lowest BCUT2D eigenvalue weighted by atomic mass is 10.0. The van der Waals surface area contributed by atoms with Gasteiger partial charge in [-0.3, -0.25) is 25.8 Å². The summed E-state index contributed by atoms with van der Waals surface area (Å²) >= 11 is 5.03. The first kappa shape index (κ1) is 22.2. The largest absolute Gasteiger partial charge is 0.493 e. The van der Waals surface area contributed by atoms with Gasteiger partial charge in [0.25, 0.3) is 11.8 Å². The molecule has 0 unspecified atom stereocenters. The van der Waals surface area contributed by atoms with E-state index in [1.807, 2.05) is 31.2 Å². The van der Waals surface area contributed by atoms with Gasteiger partial charge in [-0.05, 0) is 54.9 Å². The molecule has 2 aromatic rings.